The summed E-state index contributed by atoms with van der Waals surface area (Å²) in [7, 11) is 1.95. The zero-order valence-electron chi connectivity index (χ0n) is 10.2. The second kappa shape index (κ2) is 5.89. The summed E-state index contributed by atoms with van der Waals surface area (Å²) >= 11 is 1.25. The van der Waals surface area contributed by atoms with E-state index >= 15 is 0 Å². The molecule has 90 valence electrons. The van der Waals surface area contributed by atoms with E-state index in [1.807, 2.05) is 13.2 Å². The lowest BCUT2D eigenvalue weighted by Gasteiger charge is -2.14. The molecule has 0 aliphatic heterocycles. The van der Waals surface area contributed by atoms with Gasteiger partial charge in [-0.05, 0) is 24.6 Å². The summed E-state index contributed by atoms with van der Waals surface area (Å²) in [6.45, 7) is 2.20. The number of aryl methyl sites for hydroxylation is 1. The molecule has 0 spiro atoms. The highest BCUT2D eigenvalue weighted by Gasteiger charge is 2.14. The highest BCUT2D eigenvalue weighted by atomic mass is 32.1. The maximum atomic E-state index is 4.29. The van der Waals surface area contributed by atoms with Gasteiger partial charge in [0.1, 0.15) is 0 Å². The molecule has 2 rings (SSSR count). The largest absolute Gasteiger partial charge is 0.308 e. The molecule has 0 saturated heterocycles. The predicted octanol–water partition coefficient (Wildman–Crippen LogP) is 2.80. The molecule has 1 atom stereocenters. The molecular weight excluding hydrogens is 230 g/mol. The molecule has 1 N–H and O–H groups in total. The molecule has 1 unspecified atom stereocenters. The van der Waals surface area contributed by atoms with Gasteiger partial charge in [0.2, 0.25) is 0 Å². The second-order valence-electron chi connectivity index (χ2n) is 4.05. The molecule has 0 bridgehead atoms. The summed E-state index contributed by atoms with van der Waals surface area (Å²) in [5.41, 5.74) is 3.61. The Morgan fingerprint density at radius 2 is 2.06 bits per heavy atom. The number of nitrogens with zero attached hydrogens (tertiary/aromatic N) is 2. The van der Waals surface area contributed by atoms with Crippen LogP contribution in [-0.4, -0.2) is 15.8 Å². The van der Waals surface area contributed by atoms with Crippen LogP contribution in [0.15, 0.2) is 30.5 Å². The van der Waals surface area contributed by atoms with Crippen LogP contribution in [0.25, 0.3) is 0 Å². The lowest BCUT2D eigenvalue weighted by atomic mass is 10.0. The van der Waals surface area contributed by atoms with Gasteiger partial charge in [-0.1, -0.05) is 37.6 Å². The first-order valence-electron chi connectivity index (χ1n) is 5.88. The van der Waals surface area contributed by atoms with Crippen molar-refractivity contribution in [2.24, 2.45) is 0 Å². The smallest absolute Gasteiger partial charge is 0.0957 e. The second-order valence-corrected chi connectivity index (χ2v) is 4.60. The molecule has 0 radical (unpaired) electrons. The van der Waals surface area contributed by atoms with Crippen molar-refractivity contribution >= 4 is 11.7 Å². The third-order valence-corrected chi connectivity index (χ3v) is 3.31. The van der Waals surface area contributed by atoms with E-state index in [0.29, 0.717) is 0 Å². The summed E-state index contributed by atoms with van der Waals surface area (Å²) < 4.78 is 8.34. The molecule has 1 heterocycles. The zero-order chi connectivity index (χ0) is 12.1. The molecule has 3 nitrogen and oxygen atoms in total. The minimum atomic E-state index is 0.143. The van der Waals surface area contributed by atoms with E-state index in [1.165, 1.54) is 29.3 Å². The van der Waals surface area contributed by atoms with E-state index in [0.717, 1.165) is 12.1 Å². The maximum Gasteiger partial charge on any atom is 0.0957 e. The third kappa shape index (κ3) is 2.90. The lowest BCUT2D eigenvalue weighted by Crippen LogP contribution is -2.17. The summed E-state index contributed by atoms with van der Waals surface area (Å²) in [6.07, 6.45) is 4.15. The molecular formula is C13H17N3S. The summed E-state index contributed by atoms with van der Waals surface area (Å²) in [5.74, 6) is 0. The standard InChI is InChI=1S/C13H17N3S/c1-3-4-10-5-7-11(8-6-10)13(14-2)12-9-15-17-16-12/h5-9,13-14H,3-4H2,1-2H3. The number of benzene rings is 1. The molecule has 0 fully saturated rings. The summed E-state index contributed by atoms with van der Waals surface area (Å²) in [5, 5.41) is 3.28. The van der Waals surface area contributed by atoms with Crippen LogP contribution in [0.5, 0.6) is 0 Å². The number of hydrogen-bond acceptors (Lipinski definition) is 4. The highest BCUT2D eigenvalue weighted by Crippen LogP contribution is 2.20. The Hall–Kier alpha value is -1.26. The topological polar surface area (TPSA) is 37.8 Å². The number of nitrogens with one attached hydrogen (secondary N) is 1. The Labute approximate surface area is 106 Å². The molecule has 0 amide bonds. The van der Waals surface area contributed by atoms with E-state index in [-0.39, 0.29) is 6.04 Å². The predicted molar refractivity (Wildman–Crippen MR) is 71.2 cm³/mol. The minimum absolute atomic E-state index is 0.143. The van der Waals surface area contributed by atoms with Crippen LogP contribution in [-0.2, 0) is 6.42 Å². The SMILES string of the molecule is CCCc1ccc(C(NC)c2cnsn2)cc1. The monoisotopic (exact) mass is 247 g/mol. The van der Waals surface area contributed by atoms with Crippen molar-refractivity contribution in [3.8, 4) is 0 Å². The molecule has 0 saturated carbocycles. The van der Waals surface area contributed by atoms with E-state index in [1.54, 1.807) is 0 Å². The molecule has 1 aromatic carbocycles. The van der Waals surface area contributed by atoms with Gasteiger partial charge in [-0.3, -0.25) is 0 Å². The first kappa shape index (κ1) is 12.2. The highest BCUT2D eigenvalue weighted by molar-refractivity contribution is 6.99. The van der Waals surface area contributed by atoms with Gasteiger partial charge in [-0.2, -0.15) is 8.75 Å². The van der Waals surface area contributed by atoms with Gasteiger partial charge < -0.3 is 5.32 Å². The van der Waals surface area contributed by atoms with Crippen molar-refractivity contribution in [1.29, 1.82) is 0 Å². The van der Waals surface area contributed by atoms with Crippen molar-refractivity contribution in [3.63, 3.8) is 0 Å². The average molecular weight is 247 g/mol. The van der Waals surface area contributed by atoms with Gasteiger partial charge in [0.15, 0.2) is 0 Å². The fourth-order valence-electron chi connectivity index (χ4n) is 1.95. The molecule has 2 aromatic rings. The minimum Gasteiger partial charge on any atom is -0.308 e. The van der Waals surface area contributed by atoms with Crippen molar-refractivity contribution in [3.05, 3.63) is 47.3 Å². The van der Waals surface area contributed by atoms with Gasteiger partial charge in [0.25, 0.3) is 0 Å². The molecule has 4 heteroatoms. The Morgan fingerprint density at radius 3 is 2.59 bits per heavy atom. The fraction of sp³-hybridized carbons (Fsp3) is 0.385. The Kier molecular flexibility index (Phi) is 4.23. The Bertz CT molecular complexity index is 436. The molecule has 1 aromatic heterocycles. The average Bonchev–Trinajstić information content (AvgIpc) is 2.86. The number of rotatable bonds is 5. The van der Waals surface area contributed by atoms with E-state index in [9.17, 15) is 0 Å². The third-order valence-electron chi connectivity index (χ3n) is 2.81. The van der Waals surface area contributed by atoms with Gasteiger partial charge in [-0.25, -0.2) is 0 Å². The zero-order valence-corrected chi connectivity index (χ0v) is 11.0. The number of aromatic nitrogens is 2. The van der Waals surface area contributed by atoms with Crippen LogP contribution in [0.1, 0.15) is 36.2 Å². The quantitative estimate of drug-likeness (QED) is 0.883. The first-order chi connectivity index (χ1) is 8.35. The van der Waals surface area contributed by atoms with Gasteiger partial charge in [0, 0.05) is 0 Å². The normalized spacial score (nSPS) is 12.6. The van der Waals surface area contributed by atoms with Gasteiger partial charge in [0.05, 0.1) is 29.7 Å². The van der Waals surface area contributed by atoms with E-state index in [2.05, 4.69) is 45.3 Å². The van der Waals surface area contributed by atoms with E-state index in [4.69, 9.17) is 0 Å². The van der Waals surface area contributed by atoms with Crippen LogP contribution < -0.4 is 5.32 Å². The van der Waals surface area contributed by atoms with Crippen LogP contribution in [0.3, 0.4) is 0 Å². The van der Waals surface area contributed by atoms with Gasteiger partial charge >= 0.3 is 0 Å². The van der Waals surface area contributed by atoms with Crippen molar-refractivity contribution in [2.75, 3.05) is 7.05 Å². The van der Waals surface area contributed by atoms with Crippen LogP contribution in [0, 0.1) is 0 Å². The summed E-state index contributed by atoms with van der Waals surface area (Å²) in [6, 6.07) is 8.88. The maximum absolute atomic E-state index is 4.29. The molecule has 0 aliphatic rings. The van der Waals surface area contributed by atoms with E-state index < -0.39 is 0 Å². The van der Waals surface area contributed by atoms with Crippen molar-refractivity contribution in [1.82, 2.24) is 14.1 Å². The summed E-state index contributed by atoms with van der Waals surface area (Å²) in [4.78, 5) is 0. The van der Waals surface area contributed by atoms with Crippen LogP contribution in [0.4, 0.5) is 0 Å². The van der Waals surface area contributed by atoms with Gasteiger partial charge in [-0.15, -0.1) is 0 Å². The van der Waals surface area contributed by atoms with Crippen molar-refractivity contribution in [2.45, 2.75) is 25.8 Å². The molecule has 17 heavy (non-hydrogen) atoms. The van der Waals surface area contributed by atoms with Crippen LogP contribution >= 0.6 is 11.7 Å². The molecule has 0 aliphatic carbocycles. The fourth-order valence-corrected chi connectivity index (χ4v) is 2.40. The Balaban J connectivity index is 2.20. The lowest BCUT2D eigenvalue weighted by molar-refractivity contribution is 0.677. The Morgan fingerprint density at radius 1 is 1.29 bits per heavy atom. The first-order valence-corrected chi connectivity index (χ1v) is 6.61. The van der Waals surface area contributed by atoms with Crippen LogP contribution in [0.2, 0.25) is 0 Å². The van der Waals surface area contributed by atoms with Crippen molar-refractivity contribution < 1.29 is 0 Å². The number of hydrogen-bond donors (Lipinski definition) is 1.